The van der Waals surface area contributed by atoms with Crippen molar-refractivity contribution in [2.24, 2.45) is 0 Å². The minimum absolute atomic E-state index is 0.0159. The van der Waals surface area contributed by atoms with Gasteiger partial charge >= 0.3 is 11.9 Å². The summed E-state index contributed by atoms with van der Waals surface area (Å²) in [7, 11) is 5.13. The Morgan fingerprint density at radius 3 is 1.34 bits per heavy atom. The van der Waals surface area contributed by atoms with E-state index in [0.29, 0.717) is 5.56 Å². The highest BCUT2D eigenvalue weighted by atomic mass is 16.8. The Kier molecular flexibility index (Phi) is 26.3. The number of ether oxygens (including phenoxy) is 17. The Bertz CT molecular complexity index is 3710. The van der Waals surface area contributed by atoms with Crippen LogP contribution >= 0.6 is 0 Å². The summed E-state index contributed by atoms with van der Waals surface area (Å²) < 4.78 is 96.0. The minimum Gasteiger partial charge on any atom is -0.507 e. The number of fused-ring (bicyclic) bond motifs is 1. The number of aliphatic hydroxyl groups is 16. The van der Waals surface area contributed by atoms with Gasteiger partial charge in [0.2, 0.25) is 30.4 Å². The van der Waals surface area contributed by atoms with Gasteiger partial charge in [0.15, 0.2) is 53.2 Å². The lowest BCUT2D eigenvalue weighted by molar-refractivity contribution is -0.365. The summed E-state index contributed by atoms with van der Waals surface area (Å²) in [4.78, 5) is 26.1. The molecule has 106 heavy (non-hydrogen) atoms. The fraction of sp³-hybridized carbons (Fsp3) is 0.522. The third-order valence-electron chi connectivity index (χ3n) is 17.9. The summed E-state index contributed by atoms with van der Waals surface area (Å²) in [5, 5.41) is 218. The smallest absolute Gasteiger partial charge is 0.330 e. The van der Waals surface area contributed by atoms with E-state index < -0.39 is 228 Å². The van der Waals surface area contributed by atoms with Gasteiger partial charge in [-0.15, -0.1) is 0 Å². The van der Waals surface area contributed by atoms with Crippen LogP contribution in [0.2, 0.25) is 0 Å². The van der Waals surface area contributed by atoms with Crippen LogP contribution in [-0.2, 0) is 57.0 Å². The minimum atomic E-state index is -2.21. The number of aliphatic hydroxyl groups excluding tert-OH is 16. The first-order valence-electron chi connectivity index (χ1n) is 32.5. The Balaban J connectivity index is 0.902. The molecule has 6 aliphatic heterocycles. The van der Waals surface area contributed by atoms with Crippen molar-refractivity contribution >= 4 is 30.2 Å². The molecule has 5 fully saturated rings. The topological polar surface area (TPSA) is 596 Å². The second-order valence-corrected chi connectivity index (χ2v) is 24.8. The maximum absolute atomic E-state index is 13.2. The maximum atomic E-state index is 13.2. The van der Waals surface area contributed by atoms with Gasteiger partial charge in [0.05, 0.1) is 53.8 Å². The van der Waals surface area contributed by atoms with Crippen molar-refractivity contribution in [3.05, 3.63) is 94.8 Å². The Morgan fingerprint density at radius 2 is 0.849 bits per heavy atom. The van der Waals surface area contributed by atoms with E-state index in [4.69, 9.17) is 80.5 Å². The number of carbonyl (C=O) groups is 2. The molecule has 584 valence electrons. The van der Waals surface area contributed by atoms with E-state index in [1.54, 1.807) is 0 Å². The van der Waals surface area contributed by atoms with Crippen molar-refractivity contribution in [3.63, 3.8) is 0 Å². The van der Waals surface area contributed by atoms with Gasteiger partial charge in [0.25, 0.3) is 0 Å². The molecule has 39 nitrogen and oxygen atoms in total. The van der Waals surface area contributed by atoms with Crippen LogP contribution in [0.25, 0.3) is 18.2 Å². The molecule has 4 aromatic rings. The first kappa shape index (κ1) is 80.3. The number of hydrogen-bond acceptors (Lipinski definition) is 39. The molecule has 6 heterocycles. The summed E-state index contributed by atoms with van der Waals surface area (Å²) in [5.74, 6) is -5.67. The molecule has 10 rings (SSSR count). The molecule has 5 saturated heterocycles. The molecular weight excluding hydrogens is 1430 g/mol. The first-order chi connectivity index (χ1) is 50.5. The van der Waals surface area contributed by atoms with Crippen molar-refractivity contribution in [1.82, 2.24) is 0 Å². The molecule has 39 heteroatoms. The molecule has 26 atom stereocenters. The van der Waals surface area contributed by atoms with E-state index in [-0.39, 0.29) is 62.7 Å². The number of phenols is 4. The van der Waals surface area contributed by atoms with Gasteiger partial charge in [-0.05, 0) is 65.8 Å². The van der Waals surface area contributed by atoms with E-state index in [0.717, 1.165) is 42.5 Å². The molecule has 6 aliphatic rings. The summed E-state index contributed by atoms with van der Waals surface area (Å²) in [5.41, 5.74) is 0.275. The lowest BCUT2D eigenvalue weighted by atomic mass is 9.96. The molecule has 0 bridgehead atoms. The number of benzene rings is 4. The molecule has 0 radical (unpaired) electrons. The van der Waals surface area contributed by atoms with Crippen molar-refractivity contribution in [2.75, 3.05) is 61.5 Å². The van der Waals surface area contributed by atoms with Crippen LogP contribution in [0.5, 0.6) is 63.2 Å². The molecule has 0 spiro atoms. The van der Waals surface area contributed by atoms with Crippen LogP contribution < -0.4 is 33.2 Å². The fourth-order valence-electron chi connectivity index (χ4n) is 11.9. The largest absolute Gasteiger partial charge is 0.507 e. The zero-order chi connectivity index (χ0) is 76.9. The van der Waals surface area contributed by atoms with Crippen LogP contribution in [0.15, 0.2) is 72.5 Å². The lowest BCUT2D eigenvalue weighted by Gasteiger charge is -2.46. The summed E-state index contributed by atoms with van der Waals surface area (Å²) in [6.45, 7) is -4.35. The summed E-state index contributed by atoms with van der Waals surface area (Å²) in [6, 6.07) is 10.9. The highest BCUT2D eigenvalue weighted by Crippen LogP contribution is 2.48. The maximum Gasteiger partial charge on any atom is 0.330 e. The number of phenolic OH excluding ortho intramolecular Hbond substituents is 4. The van der Waals surface area contributed by atoms with Crippen LogP contribution in [0, 0.1) is 0 Å². The van der Waals surface area contributed by atoms with Gasteiger partial charge in [0.1, 0.15) is 158 Å². The average molecular weight is 1510 g/mol. The molecule has 0 amide bonds. The Morgan fingerprint density at radius 1 is 0.425 bits per heavy atom. The molecule has 4 aromatic carbocycles. The monoisotopic (exact) mass is 1510 g/mol. The summed E-state index contributed by atoms with van der Waals surface area (Å²) >= 11 is 0. The normalized spacial score (nSPS) is 34.6. The SMILES string of the molecule is COc1cc(C=CC(=O)OCC2OC(Oc3cc(O)c4c(c3)OC(c3ccc(O)c(OC5OC(CO)C(O)C(O)C5O)c3)C(OC3OC(COC5OC(COC(=O)C=Cc6cc(OC)c(O)c(OC)c6)C(O)C(OC6OC(CO)C(O)C(O)C6O)C5O)C(O)C(O)C3O)=C4)C(O)C(O)C2O)cc(OC)c1O. The number of esters is 2. The molecule has 26 unspecified atom stereocenters. The van der Waals surface area contributed by atoms with Crippen molar-refractivity contribution in [3.8, 4) is 63.2 Å². The van der Waals surface area contributed by atoms with Gasteiger partial charge in [-0.25, -0.2) is 9.59 Å². The predicted molar refractivity (Wildman–Crippen MR) is 345 cm³/mol. The third-order valence-corrected chi connectivity index (χ3v) is 17.9. The van der Waals surface area contributed by atoms with Crippen molar-refractivity contribution < 1.29 is 192 Å². The first-order valence-corrected chi connectivity index (χ1v) is 32.5. The van der Waals surface area contributed by atoms with Crippen molar-refractivity contribution in [2.45, 2.75) is 160 Å². The number of carbonyl (C=O) groups excluding carboxylic acids is 2. The molecule has 20 N–H and O–H groups in total. The lowest BCUT2D eigenvalue weighted by Crippen LogP contribution is -2.65. The van der Waals surface area contributed by atoms with E-state index in [2.05, 4.69) is 0 Å². The average Bonchev–Trinajstić information content (AvgIpc) is 0.760. The number of rotatable bonds is 26. The number of aromatic hydroxyl groups is 4. The van der Waals surface area contributed by atoms with Gasteiger partial charge in [-0.1, -0.05) is 6.07 Å². The second-order valence-electron chi connectivity index (χ2n) is 24.8. The Hall–Kier alpha value is -8.28. The van der Waals surface area contributed by atoms with Gasteiger partial charge in [-0.3, -0.25) is 0 Å². The van der Waals surface area contributed by atoms with Crippen LogP contribution in [0.3, 0.4) is 0 Å². The second kappa shape index (κ2) is 34.7. The van der Waals surface area contributed by atoms with Gasteiger partial charge in [0, 0.05) is 29.8 Å². The predicted octanol–water partition coefficient (Wildman–Crippen LogP) is -5.63. The van der Waals surface area contributed by atoms with Gasteiger partial charge < -0.3 is 183 Å². The van der Waals surface area contributed by atoms with E-state index in [1.165, 1.54) is 70.9 Å². The van der Waals surface area contributed by atoms with E-state index in [9.17, 15) is 112 Å². The molecule has 0 saturated carbocycles. The standard InChI is InChI=1S/C67H82O39/c1-90-33-11-24(12-34(91-2)45(33)74)5-9-43(72)94-21-40-49(78)54(83)56(85)64(104-40)97-27-16-30(71)28-18-37(61(98-31(28)17-27)26-7-8-29(70)32(15-26)99-65-57(86)52(81)47(76)38(19-68)101-65)100-66-58(87)55(84)50(79)41(105-66)23-96-63-60(89)62(106-67-59(88)53(82)48(77)39(20-69)102-67)51(80)42(103-63)22-95-44(73)10-6-25-13-35(92-3)46(75)36(14-25)93-4/h5-18,38-42,47-71,74-89H,19-23H2,1-4H3. The Labute approximate surface area is 599 Å². The van der Waals surface area contributed by atoms with Crippen molar-refractivity contribution in [1.29, 1.82) is 0 Å². The van der Waals surface area contributed by atoms with Gasteiger partial charge in [-0.2, -0.15) is 0 Å². The van der Waals surface area contributed by atoms with Crippen LogP contribution in [0.1, 0.15) is 28.4 Å². The zero-order valence-electron chi connectivity index (χ0n) is 56.3. The van der Waals surface area contributed by atoms with E-state index in [1.807, 2.05) is 0 Å². The number of methoxy groups -OCH3 is 4. The van der Waals surface area contributed by atoms with Crippen LogP contribution in [0.4, 0.5) is 0 Å². The fourth-order valence-corrected chi connectivity index (χ4v) is 11.9. The molecule has 0 aliphatic carbocycles. The quantitative estimate of drug-likeness (QED) is 0.0206. The third kappa shape index (κ3) is 17.5. The highest BCUT2D eigenvalue weighted by Gasteiger charge is 2.54. The van der Waals surface area contributed by atoms with Crippen LogP contribution in [-0.4, -0.2) is 329 Å². The summed E-state index contributed by atoms with van der Waals surface area (Å²) in [6.07, 6.45) is -44.7. The highest BCUT2D eigenvalue weighted by molar-refractivity contribution is 5.88. The van der Waals surface area contributed by atoms with E-state index >= 15 is 0 Å². The molecule has 0 aromatic heterocycles. The zero-order valence-corrected chi connectivity index (χ0v) is 56.3. The molecular formula is C67H82O39. The number of hydrogen-bond donors (Lipinski definition) is 20.